The van der Waals surface area contributed by atoms with Crippen molar-refractivity contribution in [1.82, 2.24) is 5.48 Å². The van der Waals surface area contributed by atoms with E-state index < -0.39 is 0 Å². The van der Waals surface area contributed by atoms with Gasteiger partial charge in [0.05, 0.1) is 0 Å². The lowest BCUT2D eigenvalue weighted by atomic mass is 10.1. The van der Waals surface area contributed by atoms with E-state index in [9.17, 15) is 9.59 Å². The summed E-state index contributed by atoms with van der Waals surface area (Å²) in [5.41, 5.74) is 1.87. The average molecular weight is 187 g/mol. The molecule has 0 saturated carbocycles. The van der Waals surface area contributed by atoms with Gasteiger partial charge < -0.3 is 4.84 Å². The van der Waals surface area contributed by atoms with Crippen molar-refractivity contribution in [3.63, 3.8) is 0 Å². The zero-order valence-corrected chi connectivity index (χ0v) is 8.04. The van der Waals surface area contributed by atoms with E-state index in [1.54, 1.807) is 0 Å². The fourth-order valence-corrected chi connectivity index (χ4v) is 1.01. The molecule has 0 atom stereocenters. The van der Waals surface area contributed by atoms with Gasteiger partial charge in [0.15, 0.2) is 0 Å². The highest BCUT2D eigenvalue weighted by atomic mass is 16.7. The predicted molar refractivity (Wildman–Crippen MR) is 48.7 cm³/mol. The van der Waals surface area contributed by atoms with E-state index >= 15 is 0 Å². The van der Waals surface area contributed by atoms with Crippen molar-refractivity contribution in [2.45, 2.75) is 45.4 Å². The fraction of sp³-hybridized carbons (Fsp3) is 0.778. The molecule has 0 aliphatic carbocycles. The monoisotopic (exact) mass is 187 g/mol. The molecule has 13 heavy (non-hydrogen) atoms. The summed E-state index contributed by atoms with van der Waals surface area (Å²) < 4.78 is 0. The Morgan fingerprint density at radius 3 is 2.62 bits per heavy atom. The van der Waals surface area contributed by atoms with Crippen LogP contribution in [-0.2, 0) is 14.4 Å². The Morgan fingerprint density at radius 2 is 2.00 bits per heavy atom. The maximum absolute atomic E-state index is 10.8. The second-order valence-corrected chi connectivity index (χ2v) is 2.87. The first kappa shape index (κ1) is 11.9. The Hall–Kier alpha value is -1.06. The molecule has 0 fully saturated rings. The zero-order chi connectivity index (χ0) is 9.94. The first-order valence-electron chi connectivity index (χ1n) is 4.70. The van der Waals surface area contributed by atoms with Gasteiger partial charge in [-0.2, -0.15) is 5.48 Å². The third-order valence-corrected chi connectivity index (χ3v) is 1.71. The molecule has 0 spiro atoms. The number of nitrogens with one attached hydrogen (secondary N) is 1. The minimum atomic E-state index is -0.372. The second kappa shape index (κ2) is 9.03. The highest BCUT2D eigenvalue weighted by Gasteiger charge is 2.01. The lowest BCUT2D eigenvalue weighted by Crippen LogP contribution is -2.17. The summed E-state index contributed by atoms with van der Waals surface area (Å²) in [6.07, 6.45) is 6.16. The summed E-state index contributed by atoms with van der Waals surface area (Å²) in [5, 5.41) is 0. The van der Waals surface area contributed by atoms with Gasteiger partial charge in [-0.15, -0.1) is 0 Å². The molecule has 0 bridgehead atoms. The van der Waals surface area contributed by atoms with Crippen molar-refractivity contribution < 1.29 is 14.4 Å². The molecule has 0 aromatic rings. The van der Waals surface area contributed by atoms with Crippen molar-refractivity contribution >= 4 is 12.4 Å². The Morgan fingerprint density at radius 1 is 1.31 bits per heavy atom. The van der Waals surface area contributed by atoms with Crippen LogP contribution >= 0.6 is 0 Å². The van der Waals surface area contributed by atoms with Crippen LogP contribution in [-0.4, -0.2) is 12.4 Å². The molecule has 4 nitrogen and oxygen atoms in total. The zero-order valence-electron chi connectivity index (χ0n) is 8.04. The van der Waals surface area contributed by atoms with Crippen LogP contribution in [0.4, 0.5) is 0 Å². The van der Waals surface area contributed by atoms with Gasteiger partial charge in [-0.1, -0.05) is 32.6 Å². The van der Waals surface area contributed by atoms with Crippen molar-refractivity contribution in [1.29, 1.82) is 0 Å². The van der Waals surface area contributed by atoms with Crippen LogP contribution in [0.2, 0.25) is 0 Å². The molecule has 4 heteroatoms. The number of rotatable bonds is 8. The molecule has 1 N–H and O–H groups in total. The molecule has 0 heterocycles. The molecule has 0 aliphatic heterocycles. The Balaban J connectivity index is 3.12. The molecule has 0 radical (unpaired) electrons. The van der Waals surface area contributed by atoms with Gasteiger partial charge in [0.1, 0.15) is 0 Å². The van der Waals surface area contributed by atoms with Crippen LogP contribution in [0.3, 0.4) is 0 Å². The molecule has 0 rings (SSSR count). The van der Waals surface area contributed by atoms with Gasteiger partial charge >= 0.3 is 5.97 Å². The number of carbonyl (C=O) groups is 2. The van der Waals surface area contributed by atoms with Crippen LogP contribution in [0.15, 0.2) is 0 Å². The van der Waals surface area contributed by atoms with Gasteiger partial charge in [0.2, 0.25) is 6.41 Å². The van der Waals surface area contributed by atoms with Gasteiger partial charge in [-0.05, 0) is 6.42 Å². The topological polar surface area (TPSA) is 55.4 Å². The van der Waals surface area contributed by atoms with Crippen LogP contribution in [0.25, 0.3) is 0 Å². The molecule has 0 saturated heterocycles. The second-order valence-electron chi connectivity index (χ2n) is 2.87. The SMILES string of the molecule is CCCCCCCC(=O)ONC=O. The molecule has 76 valence electrons. The maximum atomic E-state index is 10.8. The first-order valence-corrected chi connectivity index (χ1v) is 4.70. The van der Waals surface area contributed by atoms with E-state index in [1.165, 1.54) is 12.8 Å². The van der Waals surface area contributed by atoms with Crippen molar-refractivity contribution in [2.24, 2.45) is 0 Å². The summed E-state index contributed by atoms with van der Waals surface area (Å²) in [6.45, 7) is 2.14. The normalized spacial score (nSPS) is 9.31. The molecule has 0 unspecified atom stereocenters. The molecule has 0 aromatic heterocycles. The van der Waals surface area contributed by atoms with E-state index in [4.69, 9.17) is 0 Å². The molecule has 1 amide bonds. The smallest absolute Gasteiger partial charge is 0.332 e. The van der Waals surface area contributed by atoms with E-state index in [0.717, 1.165) is 19.3 Å². The van der Waals surface area contributed by atoms with Gasteiger partial charge in [0, 0.05) is 6.42 Å². The van der Waals surface area contributed by atoms with E-state index in [1.807, 2.05) is 5.48 Å². The fourth-order valence-electron chi connectivity index (χ4n) is 1.01. The summed E-state index contributed by atoms with van der Waals surface area (Å²) in [4.78, 5) is 24.9. The predicted octanol–water partition coefficient (Wildman–Crippen LogP) is 1.55. The first-order chi connectivity index (χ1) is 6.31. The van der Waals surface area contributed by atoms with Crippen molar-refractivity contribution in [2.75, 3.05) is 0 Å². The lowest BCUT2D eigenvalue weighted by molar-refractivity contribution is -0.154. The summed E-state index contributed by atoms with van der Waals surface area (Å²) >= 11 is 0. The third-order valence-electron chi connectivity index (χ3n) is 1.71. The van der Waals surface area contributed by atoms with Crippen LogP contribution in [0.5, 0.6) is 0 Å². The highest BCUT2D eigenvalue weighted by Crippen LogP contribution is 2.04. The average Bonchev–Trinajstić information content (AvgIpc) is 2.14. The number of carbonyl (C=O) groups excluding carboxylic acids is 2. The van der Waals surface area contributed by atoms with E-state index in [0.29, 0.717) is 12.8 Å². The summed E-state index contributed by atoms with van der Waals surface area (Å²) in [6, 6.07) is 0. The van der Waals surface area contributed by atoms with Gasteiger partial charge in [-0.25, -0.2) is 4.79 Å². The Labute approximate surface area is 78.6 Å². The van der Waals surface area contributed by atoms with Crippen LogP contribution < -0.4 is 5.48 Å². The molecular weight excluding hydrogens is 170 g/mol. The third kappa shape index (κ3) is 8.85. The lowest BCUT2D eigenvalue weighted by Gasteiger charge is -2.00. The summed E-state index contributed by atoms with van der Waals surface area (Å²) in [5.74, 6) is -0.372. The van der Waals surface area contributed by atoms with Crippen molar-refractivity contribution in [3.05, 3.63) is 0 Å². The van der Waals surface area contributed by atoms with Crippen molar-refractivity contribution in [3.8, 4) is 0 Å². The molecule has 0 aliphatic rings. The standard InChI is InChI=1S/C9H17NO3/c1-2-3-4-5-6-7-9(12)13-10-8-11/h8H,2-7H2,1H3,(H,10,11). The van der Waals surface area contributed by atoms with E-state index in [2.05, 4.69) is 11.8 Å². The summed E-state index contributed by atoms with van der Waals surface area (Å²) in [7, 11) is 0. The number of hydrogen-bond acceptors (Lipinski definition) is 3. The largest absolute Gasteiger partial charge is 0.341 e. The highest BCUT2D eigenvalue weighted by molar-refractivity contribution is 5.69. The Kier molecular flexibility index (Phi) is 8.30. The van der Waals surface area contributed by atoms with Gasteiger partial charge in [-0.3, -0.25) is 4.79 Å². The number of unbranched alkanes of at least 4 members (excludes halogenated alkanes) is 4. The molecule has 0 aromatic carbocycles. The minimum Gasteiger partial charge on any atom is -0.341 e. The quantitative estimate of drug-likeness (QED) is 0.356. The maximum Gasteiger partial charge on any atom is 0.332 e. The minimum absolute atomic E-state index is 0.342. The number of hydrogen-bond donors (Lipinski definition) is 1. The number of hydroxylamine groups is 1. The van der Waals surface area contributed by atoms with Crippen LogP contribution in [0.1, 0.15) is 45.4 Å². The molecular formula is C9H17NO3. The van der Waals surface area contributed by atoms with E-state index in [-0.39, 0.29) is 5.97 Å². The van der Waals surface area contributed by atoms with Crippen LogP contribution in [0, 0.1) is 0 Å². The van der Waals surface area contributed by atoms with Gasteiger partial charge in [0.25, 0.3) is 0 Å². The Bertz CT molecular complexity index is 148. The number of amides is 1.